The topological polar surface area (TPSA) is 114 Å². The van der Waals surface area contributed by atoms with Crippen LogP contribution in [0.4, 0.5) is 4.79 Å². The van der Waals surface area contributed by atoms with Crippen LogP contribution in [0.25, 0.3) is 11.5 Å². The van der Waals surface area contributed by atoms with Gasteiger partial charge in [-0.05, 0) is 36.8 Å². The molecule has 0 bridgehead atoms. The summed E-state index contributed by atoms with van der Waals surface area (Å²) in [5.74, 6) is 1.28. The number of ether oxygens (including phenoxy) is 3. The minimum absolute atomic E-state index is 0.144. The second-order valence-electron chi connectivity index (χ2n) is 6.80. The lowest BCUT2D eigenvalue weighted by Gasteiger charge is -2.14. The van der Waals surface area contributed by atoms with Gasteiger partial charge in [0, 0.05) is 18.4 Å². The van der Waals surface area contributed by atoms with Crippen LogP contribution in [0.15, 0.2) is 59.0 Å². The summed E-state index contributed by atoms with van der Waals surface area (Å²) in [5, 5.41) is 0. The van der Waals surface area contributed by atoms with Gasteiger partial charge in [-0.3, -0.25) is 4.79 Å². The number of aromatic nitrogens is 1. The lowest BCUT2D eigenvalue weighted by Crippen LogP contribution is -2.35. The van der Waals surface area contributed by atoms with E-state index in [9.17, 15) is 9.59 Å². The van der Waals surface area contributed by atoms with Crippen LogP contribution < -0.4 is 10.5 Å². The van der Waals surface area contributed by atoms with Gasteiger partial charge in [-0.25, -0.2) is 9.78 Å². The highest BCUT2D eigenvalue weighted by Crippen LogP contribution is 2.22. The molecule has 3 aromatic rings. The maximum absolute atomic E-state index is 11.5. The highest BCUT2D eigenvalue weighted by atomic mass is 16.7. The van der Waals surface area contributed by atoms with Crippen LogP contribution in [0, 0.1) is 6.92 Å². The van der Waals surface area contributed by atoms with E-state index in [2.05, 4.69) is 9.72 Å². The van der Waals surface area contributed by atoms with Crippen LogP contribution in [0.3, 0.4) is 0 Å². The average Bonchev–Trinajstić information content (AvgIpc) is 3.15. The molecule has 31 heavy (non-hydrogen) atoms. The van der Waals surface area contributed by atoms with Gasteiger partial charge in [-0.15, -0.1) is 0 Å². The minimum atomic E-state index is -1.10. The molecule has 0 aliphatic heterocycles. The number of carbonyl (C=O) groups excluding carboxylic acids is 2. The number of oxazole rings is 1. The molecule has 1 aromatic heterocycles. The molecule has 1 heterocycles. The summed E-state index contributed by atoms with van der Waals surface area (Å²) in [6, 6.07) is 16.8. The van der Waals surface area contributed by atoms with Crippen molar-refractivity contribution in [1.29, 1.82) is 0 Å². The Balaban J connectivity index is 1.53. The third-order valence-electron chi connectivity index (χ3n) is 4.59. The fourth-order valence-corrected chi connectivity index (χ4v) is 2.93. The van der Waals surface area contributed by atoms with Crippen molar-refractivity contribution in [2.75, 3.05) is 13.7 Å². The van der Waals surface area contributed by atoms with E-state index in [1.165, 1.54) is 0 Å². The number of primary amides is 1. The number of nitrogens with zero attached hydrogens (tertiary/aromatic N) is 1. The second kappa shape index (κ2) is 10.3. The predicted octanol–water partition coefficient (Wildman–Crippen LogP) is 3.45. The smallest absolute Gasteiger partial charge is 0.493 e. The van der Waals surface area contributed by atoms with E-state index in [1.807, 2.05) is 37.3 Å². The van der Waals surface area contributed by atoms with E-state index in [0.29, 0.717) is 24.7 Å². The third kappa shape index (κ3) is 6.08. The number of amides is 1. The highest BCUT2D eigenvalue weighted by Gasteiger charge is 2.21. The van der Waals surface area contributed by atoms with Crippen molar-refractivity contribution in [2.45, 2.75) is 25.9 Å². The fraction of sp³-hybridized carbons (Fsp3) is 0.261. The van der Waals surface area contributed by atoms with Crippen molar-refractivity contribution in [3.05, 3.63) is 71.6 Å². The average molecular weight is 424 g/mol. The van der Waals surface area contributed by atoms with E-state index >= 15 is 0 Å². The number of nitrogens with two attached hydrogens (primary N) is 1. The lowest BCUT2D eigenvalue weighted by atomic mass is 10.1. The van der Waals surface area contributed by atoms with Gasteiger partial charge in [0.2, 0.25) is 5.89 Å². The van der Waals surface area contributed by atoms with Crippen LogP contribution in [0.5, 0.6) is 5.75 Å². The largest absolute Gasteiger partial charge is 0.508 e. The highest BCUT2D eigenvalue weighted by molar-refractivity contribution is 5.81. The van der Waals surface area contributed by atoms with E-state index in [0.717, 1.165) is 29.7 Å². The fourth-order valence-electron chi connectivity index (χ4n) is 2.93. The summed E-state index contributed by atoms with van der Waals surface area (Å²) < 4.78 is 20.8. The first-order valence-electron chi connectivity index (χ1n) is 9.73. The van der Waals surface area contributed by atoms with Crippen molar-refractivity contribution >= 4 is 12.1 Å². The molecule has 162 valence electrons. The lowest BCUT2D eigenvalue weighted by molar-refractivity contribution is -0.127. The number of rotatable bonds is 9. The maximum Gasteiger partial charge on any atom is 0.508 e. The zero-order valence-electron chi connectivity index (χ0n) is 17.4. The summed E-state index contributed by atoms with van der Waals surface area (Å²) in [6.07, 6.45) is -1.32. The summed E-state index contributed by atoms with van der Waals surface area (Å²) >= 11 is 0. The van der Waals surface area contributed by atoms with Crippen LogP contribution >= 0.6 is 0 Å². The molecule has 8 heteroatoms. The second-order valence-corrected chi connectivity index (χ2v) is 6.80. The van der Waals surface area contributed by atoms with Gasteiger partial charge in [0.1, 0.15) is 11.5 Å². The van der Waals surface area contributed by atoms with E-state index < -0.39 is 18.2 Å². The van der Waals surface area contributed by atoms with Crippen molar-refractivity contribution < 1.29 is 28.2 Å². The first-order valence-corrected chi connectivity index (χ1v) is 9.73. The number of aryl methyl sites for hydroxylation is 1. The molecular formula is C23H24N2O6. The van der Waals surface area contributed by atoms with Crippen LogP contribution in [-0.2, 0) is 27.1 Å². The summed E-state index contributed by atoms with van der Waals surface area (Å²) in [4.78, 5) is 27.3. The Hall–Kier alpha value is -3.81. The quantitative estimate of drug-likeness (QED) is 0.523. The molecule has 0 spiro atoms. The van der Waals surface area contributed by atoms with Gasteiger partial charge >= 0.3 is 6.16 Å². The molecule has 0 aliphatic rings. The number of hydrogen-bond acceptors (Lipinski definition) is 7. The molecule has 2 N–H and O–H groups in total. The standard InChI is InChI=1S/C23H24N2O6/c1-15-19(25-22(30-15)17-6-4-3-5-7-17)12-13-29-18-10-8-16(9-11-18)14-20(21(24)26)31-23(27)28-2/h3-11,20H,12-14H2,1-2H3,(H2,24,26). The van der Waals surface area contributed by atoms with Gasteiger partial charge in [-0.2, -0.15) is 0 Å². The number of benzene rings is 2. The maximum atomic E-state index is 11.5. The van der Waals surface area contributed by atoms with Gasteiger partial charge in [0.25, 0.3) is 5.91 Å². The molecule has 0 radical (unpaired) electrons. The molecule has 0 aliphatic carbocycles. The molecule has 8 nitrogen and oxygen atoms in total. The van der Waals surface area contributed by atoms with Crippen LogP contribution in [-0.4, -0.2) is 36.9 Å². The molecular weight excluding hydrogens is 400 g/mol. The third-order valence-corrected chi connectivity index (χ3v) is 4.59. The van der Waals surface area contributed by atoms with Gasteiger partial charge < -0.3 is 24.4 Å². The summed E-state index contributed by atoms with van der Waals surface area (Å²) in [7, 11) is 1.16. The van der Waals surface area contributed by atoms with Crippen molar-refractivity contribution in [3.8, 4) is 17.2 Å². The zero-order valence-corrected chi connectivity index (χ0v) is 17.4. The molecule has 1 atom stereocenters. The monoisotopic (exact) mass is 424 g/mol. The van der Waals surface area contributed by atoms with Gasteiger partial charge in [0.15, 0.2) is 6.10 Å². The molecule has 2 aromatic carbocycles. The van der Waals surface area contributed by atoms with Crippen LogP contribution in [0.1, 0.15) is 17.0 Å². The Labute approximate surface area is 179 Å². The minimum Gasteiger partial charge on any atom is -0.493 e. The van der Waals surface area contributed by atoms with Gasteiger partial charge in [-0.1, -0.05) is 30.3 Å². The zero-order chi connectivity index (χ0) is 22.2. The molecule has 1 amide bonds. The number of carbonyl (C=O) groups is 2. The molecule has 1 unspecified atom stereocenters. The van der Waals surface area contributed by atoms with Crippen molar-refractivity contribution in [2.24, 2.45) is 5.73 Å². The predicted molar refractivity (Wildman–Crippen MR) is 112 cm³/mol. The van der Waals surface area contributed by atoms with E-state index in [1.54, 1.807) is 24.3 Å². The molecule has 0 fully saturated rings. The summed E-state index contributed by atoms with van der Waals surface area (Å²) in [6.45, 7) is 2.31. The number of methoxy groups -OCH3 is 1. The Bertz CT molecular complexity index is 1010. The molecule has 0 saturated heterocycles. The summed E-state index contributed by atoms with van der Waals surface area (Å²) in [5.41, 5.74) is 7.82. The van der Waals surface area contributed by atoms with Crippen LogP contribution in [0.2, 0.25) is 0 Å². The Morgan fingerprint density at radius 3 is 2.45 bits per heavy atom. The molecule has 0 saturated carbocycles. The Kier molecular flexibility index (Phi) is 7.26. The SMILES string of the molecule is COC(=O)OC(Cc1ccc(OCCc2nc(-c3ccccc3)oc2C)cc1)C(N)=O. The van der Waals surface area contributed by atoms with Crippen molar-refractivity contribution in [3.63, 3.8) is 0 Å². The molecule has 3 rings (SSSR count). The van der Waals surface area contributed by atoms with Gasteiger partial charge in [0.05, 0.1) is 19.4 Å². The number of hydrogen-bond donors (Lipinski definition) is 1. The van der Waals surface area contributed by atoms with E-state index in [4.69, 9.17) is 19.6 Å². The Morgan fingerprint density at radius 2 is 1.81 bits per heavy atom. The normalized spacial score (nSPS) is 11.5. The van der Waals surface area contributed by atoms with Crippen molar-refractivity contribution in [1.82, 2.24) is 4.98 Å². The Morgan fingerprint density at radius 1 is 1.10 bits per heavy atom. The first kappa shape index (κ1) is 21.9. The first-order chi connectivity index (χ1) is 15.0. The van der Waals surface area contributed by atoms with E-state index in [-0.39, 0.29) is 6.42 Å².